The van der Waals surface area contributed by atoms with Crippen molar-refractivity contribution in [3.8, 4) is 11.8 Å². The molecule has 176 valence electrons. The molecule has 0 saturated heterocycles. The second-order valence-corrected chi connectivity index (χ2v) is 9.09. The molecule has 1 fully saturated rings. The molecule has 4 N–H and O–H groups in total. The minimum Gasteiger partial charge on any atom is -0.475 e. The third-order valence-electron chi connectivity index (χ3n) is 6.29. The number of allylic oxidation sites excluding steroid dienone is 1. The SMILES string of the molecule is NC(=O)[C@@]1(C2(C(=O)O)OC=C(Cc3ccccc3)O2)CCC[C@@](O)(C#Cc2cccc(Cl)c2)C1. The first-order chi connectivity index (χ1) is 16.2. The Balaban J connectivity index is 1.66. The topological polar surface area (TPSA) is 119 Å². The van der Waals surface area contributed by atoms with Crippen LogP contribution in [0.2, 0.25) is 5.02 Å². The lowest BCUT2D eigenvalue weighted by atomic mass is 9.62. The minimum absolute atomic E-state index is 0.0578. The molecule has 7 nitrogen and oxygen atoms in total. The molecule has 2 aromatic rings. The van der Waals surface area contributed by atoms with Gasteiger partial charge in [0.1, 0.15) is 23.0 Å². The first-order valence-electron chi connectivity index (χ1n) is 10.8. The van der Waals surface area contributed by atoms with E-state index >= 15 is 0 Å². The van der Waals surface area contributed by atoms with Gasteiger partial charge >= 0.3 is 11.8 Å². The zero-order chi connectivity index (χ0) is 24.4. The normalized spacial score (nSPS) is 28.0. The Morgan fingerprint density at radius 3 is 2.56 bits per heavy atom. The van der Waals surface area contributed by atoms with E-state index in [0.717, 1.165) is 5.56 Å². The Morgan fingerprint density at radius 2 is 1.88 bits per heavy atom. The van der Waals surface area contributed by atoms with Crippen LogP contribution in [0.1, 0.15) is 36.8 Å². The van der Waals surface area contributed by atoms with Gasteiger partial charge in [-0.1, -0.05) is 59.8 Å². The number of carboxylic acids is 1. The number of carboxylic acid groups (broad SMARTS) is 1. The fourth-order valence-corrected chi connectivity index (χ4v) is 4.83. The molecule has 1 amide bonds. The van der Waals surface area contributed by atoms with Gasteiger partial charge in [-0.25, -0.2) is 4.79 Å². The summed E-state index contributed by atoms with van der Waals surface area (Å²) in [6, 6.07) is 16.1. The summed E-state index contributed by atoms with van der Waals surface area (Å²) in [6.45, 7) is 0. The zero-order valence-electron chi connectivity index (χ0n) is 18.3. The van der Waals surface area contributed by atoms with Crippen molar-refractivity contribution in [3.63, 3.8) is 0 Å². The van der Waals surface area contributed by atoms with E-state index in [0.29, 0.717) is 17.0 Å². The van der Waals surface area contributed by atoms with Crippen LogP contribution in [0.5, 0.6) is 0 Å². The largest absolute Gasteiger partial charge is 0.475 e. The van der Waals surface area contributed by atoms with E-state index < -0.39 is 28.7 Å². The quantitative estimate of drug-likeness (QED) is 0.563. The number of hydrogen-bond acceptors (Lipinski definition) is 5. The second-order valence-electron chi connectivity index (χ2n) is 8.66. The van der Waals surface area contributed by atoms with Crippen molar-refractivity contribution >= 4 is 23.5 Å². The smallest absolute Gasteiger partial charge is 0.391 e. The van der Waals surface area contributed by atoms with Gasteiger partial charge in [0.2, 0.25) is 5.91 Å². The average molecular weight is 482 g/mol. The molecule has 1 unspecified atom stereocenters. The van der Waals surface area contributed by atoms with Crippen LogP contribution in [0.3, 0.4) is 0 Å². The van der Waals surface area contributed by atoms with E-state index in [9.17, 15) is 19.8 Å². The predicted molar refractivity (Wildman–Crippen MR) is 124 cm³/mol. The van der Waals surface area contributed by atoms with Crippen LogP contribution in [0.25, 0.3) is 0 Å². The number of ether oxygens (including phenoxy) is 2. The summed E-state index contributed by atoms with van der Waals surface area (Å²) in [7, 11) is 0. The number of carbonyl (C=O) groups is 2. The van der Waals surface area contributed by atoms with Crippen molar-refractivity contribution in [2.75, 3.05) is 0 Å². The van der Waals surface area contributed by atoms with Crippen LogP contribution in [0, 0.1) is 17.3 Å². The number of halogens is 1. The molecule has 1 heterocycles. The van der Waals surface area contributed by atoms with Crippen LogP contribution in [-0.4, -0.2) is 33.5 Å². The molecule has 0 spiro atoms. The van der Waals surface area contributed by atoms with Gasteiger partial charge in [0, 0.05) is 23.4 Å². The number of rotatable bonds is 5. The summed E-state index contributed by atoms with van der Waals surface area (Å²) in [6.07, 6.45) is 1.69. The van der Waals surface area contributed by atoms with Crippen molar-refractivity contribution < 1.29 is 29.3 Å². The minimum atomic E-state index is -2.41. The van der Waals surface area contributed by atoms with Gasteiger partial charge in [-0.15, -0.1) is 0 Å². The fourth-order valence-electron chi connectivity index (χ4n) is 4.64. The highest BCUT2D eigenvalue weighted by molar-refractivity contribution is 6.30. The third kappa shape index (κ3) is 4.35. The summed E-state index contributed by atoms with van der Waals surface area (Å²) < 4.78 is 11.5. The Labute approximate surface area is 202 Å². The van der Waals surface area contributed by atoms with Crippen LogP contribution in [0.4, 0.5) is 0 Å². The zero-order valence-corrected chi connectivity index (χ0v) is 19.0. The average Bonchev–Trinajstić information content (AvgIpc) is 3.24. The van der Waals surface area contributed by atoms with E-state index in [1.165, 1.54) is 6.26 Å². The van der Waals surface area contributed by atoms with Crippen molar-refractivity contribution in [1.82, 2.24) is 0 Å². The molecule has 1 saturated carbocycles. The molecular weight excluding hydrogens is 458 g/mol. The van der Waals surface area contributed by atoms with Gasteiger partial charge in [-0.3, -0.25) is 4.79 Å². The first kappa shape index (κ1) is 23.7. The molecular formula is C26H24ClNO6. The summed E-state index contributed by atoms with van der Waals surface area (Å²) in [5.74, 6) is 1.06. The molecule has 4 rings (SSSR count). The maximum atomic E-state index is 12.8. The van der Waals surface area contributed by atoms with E-state index in [-0.39, 0.29) is 31.4 Å². The predicted octanol–water partition coefficient (Wildman–Crippen LogP) is 3.38. The van der Waals surface area contributed by atoms with E-state index in [1.54, 1.807) is 24.3 Å². The highest BCUT2D eigenvalue weighted by atomic mass is 35.5. The van der Waals surface area contributed by atoms with Crippen LogP contribution >= 0.6 is 11.6 Å². The Kier molecular flexibility index (Phi) is 6.30. The van der Waals surface area contributed by atoms with Crippen LogP contribution < -0.4 is 5.73 Å². The van der Waals surface area contributed by atoms with Gasteiger partial charge in [-0.05, 0) is 43.0 Å². The Hall–Kier alpha value is -3.47. The summed E-state index contributed by atoms with van der Waals surface area (Å²) in [4.78, 5) is 25.4. The number of aliphatic hydroxyl groups is 1. The first-order valence-corrected chi connectivity index (χ1v) is 11.2. The van der Waals surface area contributed by atoms with Crippen molar-refractivity contribution in [3.05, 3.63) is 82.8 Å². The Bertz CT molecular complexity index is 1200. The standard InChI is InChI=1S/C26H24ClNO6/c27-20-9-4-8-19(14-20)10-13-24(32)11-5-12-25(17-24,22(28)29)26(23(30)31)33-16-21(34-26)15-18-6-2-1-3-7-18/h1-4,6-9,14,16,32H,5,11-12,15,17H2,(H2,28,29)(H,30,31)/t24-,25-,26?/m1/s1. The Morgan fingerprint density at radius 1 is 1.12 bits per heavy atom. The molecule has 0 radical (unpaired) electrons. The monoisotopic (exact) mass is 481 g/mol. The number of benzene rings is 2. The number of amides is 1. The highest BCUT2D eigenvalue weighted by Crippen LogP contribution is 2.53. The molecule has 0 bridgehead atoms. The summed E-state index contributed by atoms with van der Waals surface area (Å²) in [5, 5.41) is 22.0. The molecule has 3 atom stereocenters. The molecule has 2 aromatic carbocycles. The maximum Gasteiger partial charge on any atom is 0.391 e. The fraction of sp³-hybridized carbons (Fsp3) is 0.308. The van der Waals surface area contributed by atoms with Crippen molar-refractivity contribution in [2.24, 2.45) is 11.1 Å². The van der Waals surface area contributed by atoms with E-state index in [2.05, 4.69) is 11.8 Å². The number of aliphatic carboxylic acids is 1. The molecule has 34 heavy (non-hydrogen) atoms. The molecule has 0 aromatic heterocycles. The summed E-state index contributed by atoms with van der Waals surface area (Å²) in [5.41, 5.74) is 3.69. The van der Waals surface area contributed by atoms with Gasteiger partial charge in [0.05, 0.1) is 0 Å². The molecule has 1 aliphatic heterocycles. The number of primary amides is 1. The van der Waals surface area contributed by atoms with Crippen molar-refractivity contribution in [1.29, 1.82) is 0 Å². The molecule has 8 heteroatoms. The lowest BCUT2D eigenvalue weighted by Gasteiger charge is -2.47. The maximum absolute atomic E-state index is 12.8. The second kappa shape index (κ2) is 9.05. The number of hydrogen-bond donors (Lipinski definition) is 3. The van der Waals surface area contributed by atoms with Gasteiger partial charge in [0.25, 0.3) is 0 Å². The summed E-state index contributed by atoms with van der Waals surface area (Å²) >= 11 is 6.00. The third-order valence-corrected chi connectivity index (χ3v) is 6.52. The van der Waals surface area contributed by atoms with E-state index in [4.69, 9.17) is 26.8 Å². The van der Waals surface area contributed by atoms with Gasteiger partial charge in [-0.2, -0.15) is 0 Å². The highest BCUT2D eigenvalue weighted by Gasteiger charge is 2.70. The number of carbonyl (C=O) groups excluding carboxylic acids is 1. The molecule has 1 aliphatic carbocycles. The van der Waals surface area contributed by atoms with Crippen molar-refractivity contribution in [2.45, 2.75) is 43.5 Å². The van der Waals surface area contributed by atoms with Crippen LogP contribution in [-0.2, 0) is 25.5 Å². The van der Waals surface area contributed by atoms with E-state index in [1.807, 2.05) is 30.3 Å². The number of nitrogens with two attached hydrogens (primary N) is 1. The lowest BCUT2D eigenvalue weighted by molar-refractivity contribution is -0.250. The lowest BCUT2D eigenvalue weighted by Crippen LogP contribution is -2.65. The van der Waals surface area contributed by atoms with Crippen LogP contribution in [0.15, 0.2) is 66.6 Å². The van der Waals surface area contributed by atoms with Gasteiger partial charge in [0.15, 0.2) is 0 Å². The molecule has 2 aliphatic rings. The van der Waals surface area contributed by atoms with Gasteiger partial charge < -0.3 is 25.4 Å².